The Morgan fingerprint density at radius 3 is 2.53 bits per heavy atom. The van der Waals surface area contributed by atoms with E-state index in [-0.39, 0.29) is 5.75 Å². The monoisotopic (exact) mass is 247 g/mol. The number of aryl methyl sites for hydroxylation is 1. The molecule has 0 aliphatic heterocycles. The van der Waals surface area contributed by atoms with Crippen LogP contribution in [0.25, 0.3) is 0 Å². The number of hydrogen-bond donors (Lipinski definition) is 0. The molecule has 0 bridgehead atoms. The van der Waals surface area contributed by atoms with Gasteiger partial charge < -0.3 is 4.90 Å². The van der Waals surface area contributed by atoms with Crippen molar-refractivity contribution in [1.82, 2.24) is 4.90 Å². The summed E-state index contributed by atoms with van der Waals surface area (Å²) in [6.45, 7) is 3.49. The van der Waals surface area contributed by atoms with Crippen molar-refractivity contribution in [2.24, 2.45) is 0 Å². The standard InChI is InChI=1S/C10H17NO2S2/c1-9-4-5-10(14-9)8-11(2)6-7-15(3,12)13/h4-5H,6-8H2,1-3H3. The van der Waals surface area contributed by atoms with Crippen LogP contribution in [0.5, 0.6) is 0 Å². The molecule has 0 atom stereocenters. The van der Waals surface area contributed by atoms with Gasteiger partial charge in [0.05, 0.1) is 5.75 Å². The fraction of sp³-hybridized carbons (Fsp3) is 0.600. The molecule has 0 N–H and O–H groups in total. The van der Waals surface area contributed by atoms with Gasteiger partial charge in [-0.3, -0.25) is 0 Å². The number of rotatable bonds is 5. The van der Waals surface area contributed by atoms with E-state index in [0.717, 1.165) is 6.54 Å². The number of nitrogens with zero attached hydrogens (tertiary/aromatic N) is 1. The maximum Gasteiger partial charge on any atom is 0.148 e. The fourth-order valence-corrected chi connectivity index (χ4v) is 2.85. The van der Waals surface area contributed by atoms with Crippen molar-refractivity contribution >= 4 is 21.2 Å². The third-order valence-corrected chi connectivity index (χ3v) is 3.98. The van der Waals surface area contributed by atoms with Crippen LogP contribution in [-0.4, -0.2) is 38.9 Å². The van der Waals surface area contributed by atoms with Crippen LogP contribution in [0.3, 0.4) is 0 Å². The highest BCUT2D eigenvalue weighted by Crippen LogP contribution is 2.16. The molecule has 0 spiro atoms. The highest BCUT2D eigenvalue weighted by atomic mass is 32.2. The Labute approximate surface area is 95.6 Å². The number of thiophene rings is 1. The van der Waals surface area contributed by atoms with Gasteiger partial charge in [-0.15, -0.1) is 11.3 Å². The second-order valence-corrected chi connectivity index (χ2v) is 7.51. The lowest BCUT2D eigenvalue weighted by atomic mass is 10.4. The molecule has 5 heteroatoms. The third kappa shape index (κ3) is 5.30. The second kappa shape index (κ2) is 5.09. The Kier molecular flexibility index (Phi) is 4.31. The average Bonchev–Trinajstić information content (AvgIpc) is 2.47. The summed E-state index contributed by atoms with van der Waals surface area (Å²) >= 11 is 1.76. The van der Waals surface area contributed by atoms with E-state index in [4.69, 9.17) is 0 Å². The van der Waals surface area contributed by atoms with Gasteiger partial charge in [0.15, 0.2) is 0 Å². The molecule has 3 nitrogen and oxygen atoms in total. The van der Waals surface area contributed by atoms with Crippen molar-refractivity contribution in [3.8, 4) is 0 Å². The van der Waals surface area contributed by atoms with E-state index in [2.05, 4.69) is 19.1 Å². The van der Waals surface area contributed by atoms with Crippen molar-refractivity contribution in [3.63, 3.8) is 0 Å². The molecule has 1 heterocycles. The van der Waals surface area contributed by atoms with E-state index >= 15 is 0 Å². The summed E-state index contributed by atoms with van der Waals surface area (Å²) in [4.78, 5) is 4.61. The summed E-state index contributed by atoms with van der Waals surface area (Å²) < 4.78 is 21.9. The first-order chi connectivity index (χ1) is 6.87. The highest BCUT2D eigenvalue weighted by Gasteiger charge is 2.06. The molecule has 86 valence electrons. The van der Waals surface area contributed by atoms with Gasteiger partial charge in [-0.1, -0.05) is 0 Å². The second-order valence-electron chi connectivity index (χ2n) is 3.88. The third-order valence-electron chi connectivity index (χ3n) is 2.07. The smallest absolute Gasteiger partial charge is 0.148 e. The minimum Gasteiger partial charge on any atom is -0.300 e. The summed E-state index contributed by atoms with van der Waals surface area (Å²) in [5.74, 6) is 0.230. The van der Waals surface area contributed by atoms with Crippen molar-refractivity contribution in [3.05, 3.63) is 21.9 Å². The highest BCUT2D eigenvalue weighted by molar-refractivity contribution is 7.90. The SMILES string of the molecule is Cc1ccc(CN(C)CCS(C)(=O)=O)s1. The first-order valence-corrected chi connectivity index (χ1v) is 7.66. The van der Waals surface area contributed by atoms with Crippen molar-refractivity contribution < 1.29 is 8.42 Å². The Balaban J connectivity index is 2.40. The molecule has 0 amide bonds. The van der Waals surface area contributed by atoms with Crippen LogP contribution in [0.15, 0.2) is 12.1 Å². The first kappa shape index (κ1) is 12.7. The zero-order chi connectivity index (χ0) is 11.5. The summed E-state index contributed by atoms with van der Waals surface area (Å²) in [5, 5.41) is 0. The first-order valence-electron chi connectivity index (χ1n) is 4.78. The van der Waals surface area contributed by atoms with Crippen LogP contribution in [0, 0.1) is 6.92 Å². The quantitative estimate of drug-likeness (QED) is 0.792. The van der Waals surface area contributed by atoms with Gasteiger partial charge >= 0.3 is 0 Å². The zero-order valence-electron chi connectivity index (χ0n) is 9.36. The van der Waals surface area contributed by atoms with Gasteiger partial charge in [-0.2, -0.15) is 0 Å². The summed E-state index contributed by atoms with van der Waals surface area (Å²) in [6, 6.07) is 4.18. The molecular weight excluding hydrogens is 230 g/mol. The summed E-state index contributed by atoms with van der Waals surface area (Å²) in [6.07, 6.45) is 1.27. The number of hydrogen-bond acceptors (Lipinski definition) is 4. The minimum atomic E-state index is -2.84. The van der Waals surface area contributed by atoms with E-state index in [1.807, 2.05) is 11.9 Å². The molecule has 0 saturated carbocycles. The number of sulfone groups is 1. The van der Waals surface area contributed by atoms with Gasteiger partial charge in [0.25, 0.3) is 0 Å². The van der Waals surface area contributed by atoms with Gasteiger partial charge in [0.2, 0.25) is 0 Å². The zero-order valence-corrected chi connectivity index (χ0v) is 11.0. The van der Waals surface area contributed by atoms with E-state index in [1.165, 1.54) is 16.0 Å². The van der Waals surface area contributed by atoms with Gasteiger partial charge in [-0.05, 0) is 26.1 Å². The Hall–Kier alpha value is -0.390. The van der Waals surface area contributed by atoms with Crippen molar-refractivity contribution in [2.45, 2.75) is 13.5 Å². The lowest BCUT2D eigenvalue weighted by molar-refractivity contribution is 0.349. The molecule has 1 aromatic heterocycles. The van der Waals surface area contributed by atoms with E-state index in [1.54, 1.807) is 11.3 Å². The van der Waals surface area contributed by atoms with Gasteiger partial charge in [-0.25, -0.2) is 8.42 Å². The minimum absolute atomic E-state index is 0.230. The molecule has 1 rings (SSSR count). The average molecular weight is 247 g/mol. The van der Waals surface area contributed by atoms with Crippen molar-refractivity contribution in [2.75, 3.05) is 25.6 Å². The van der Waals surface area contributed by atoms with Crippen LogP contribution in [-0.2, 0) is 16.4 Å². The molecule has 1 aromatic rings. The Morgan fingerprint density at radius 1 is 1.40 bits per heavy atom. The molecule has 0 unspecified atom stereocenters. The van der Waals surface area contributed by atoms with E-state index < -0.39 is 9.84 Å². The van der Waals surface area contributed by atoms with Gasteiger partial charge in [0.1, 0.15) is 9.84 Å². The molecule has 0 saturated heterocycles. The van der Waals surface area contributed by atoms with Crippen LogP contribution in [0.1, 0.15) is 9.75 Å². The lowest BCUT2D eigenvalue weighted by Gasteiger charge is -2.14. The maximum atomic E-state index is 11.0. The molecule has 0 aliphatic rings. The largest absolute Gasteiger partial charge is 0.300 e. The Morgan fingerprint density at radius 2 is 2.07 bits per heavy atom. The van der Waals surface area contributed by atoms with Crippen LogP contribution < -0.4 is 0 Å². The van der Waals surface area contributed by atoms with Crippen LogP contribution >= 0.6 is 11.3 Å². The van der Waals surface area contributed by atoms with E-state index in [9.17, 15) is 8.42 Å². The molecule has 0 fully saturated rings. The fourth-order valence-electron chi connectivity index (χ4n) is 1.24. The van der Waals surface area contributed by atoms with Crippen molar-refractivity contribution in [1.29, 1.82) is 0 Å². The maximum absolute atomic E-state index is 11.0. The van der Waals surface area contributed by atoms with Crippen LogP contribution in [0.4, 0.5) is 0 Å². The summed E-state index contributed by atoms with van der Waals surface area (Å²) in [7, 11) is -0.900. The molecule has 0 radical (unpaired) electrons. The molecule has 0 aliphatic carbocycles. The predicted octanol–water partition coefficient (Wildman–Crippen LogP) is 1.53. The molecule has 15 heavy (non-hydrogen) atoms. The predicted molar refractivity (Wildman–Crippen MR) is 65.1 cm³/mol. The normalized spacial score (nSPS) is 12.3. The molecular formula is C10H17NO2S2. The topological polar surface area (TPSA) is 37.4 Å². The molecule has 0 aromatic carbocycles. The summed E-state index contributed by atoms with van der Waals surface area (Å²) in [5.41, 5.74) is 0. The van der Waals surface area contributed by atoms with Crippen LogP contribution in [0.2, 0.25) is 0 Å². The van der Waals surface area contributed by atoms with Gasteiger partial charge in [0, 0.05) is 29.1 Å². The Bertz CT molecular complexity index is 409. The lowest BCUT2D eigenvalue weighted by Crippen LogP contribution is -2.24. The van der Waals surface area contributed by atoms with E-state index in [0.29, 0.717) is 6.54 Å².